The lowest BCUT2D eigenvalue weighted by Crippen LogP contribution is -2.51. The molecule has 5 amide bonds. The van der Waals surface area contributed by atoms with Crippen LogP contribution in [-0.4, -0.2) is 30.4 Å². The topological polar surface area (TPSA) is 114 Å². The number of nitrogens with one attached hydrogen (secondary N) is 3. The van der Waals surface area contributed by atoms with Crippen LogP contribution in [0.25, 0.3) is 6.08 Å². The van der Waals surface area contributed by atoms with Crippen molar-refractivity contribution in [3.8, 4) is 5.75 Å². The summed E-state index contributed by atoms with van der Waals surface area (Å²) in [5.74, 6) is -1.32. The predicted molar refractivity (Wildman–Crippen MR) is 105 cm³/mol. The Morgan fingerprint density at radius 1 is 1.00 bits per heavy atom. The number of hydrogen-bond acceptors (Lipinski definition) is 5. The van der Waals surface area contributed by atoms with Crippen LogP contribution in [0.4, 0.5) is 4.79 Å². The van der Waals surface area contributed by atoms with Gasteiger partial charge in [0.15, 0.2) is 6.61 Å². The van der Waals surface area contributed by atoms with Gasteiger partial charge in [0, 0.05) is 0 Å². The first-order valence-corrected chi connectivity index (χ1v) is 8.88. The van der Waals surface area contributed by atoms with Gasteiger partial charge in [-0.1, -0.05) is 42.5 Å². The van der Waals surface area contributed by atoms with Gasteiger partial charge in [0.2, 0.25) is 0 Å². The molecule has 2 aromatic rings. The van der Waals surface area contributed by atoms with E-state index in [2.05, 4.69) is 5.32 Å². The maximum Gasteiger partial charge on any atom is 0.328 e. The molecule has 0 aromatic heterocycles. The SMILES string of the molecule is C[C@H](NC(=O)COc1ccc(C=C2C(=O)NC(=O)NC2=O)cc1)c1ccccc1. The van der Waals surface area contributed by atoms with Crippen molar-refractivity contribution < 1.29 is 23.9 Å². The average molecular weight is 393 g/mol. The van der Waals surface area contributed by atoms with E-state index in [0.717, 1.165) is 5.56 Å². The molecule has 29 heavy (non-hydrogen) atoms. The zero-order valence-electron chi connectivity index (χ0n) is 15.6. The van der Waals surface area contributed by atoms with Crippen molar-refractivity contribution in [3.05, 3.63) is 71.3 Å². The van der Waals surface area contributed by atoms with Crippen molar-refractivity contribution >= 4 is 29.8 Å². The van der Waals surface area contributed by atoms with E-state index in [1.807, 2.05) is 47.9 Å². The molecule has 1 atom stereocenters. The van der Waals surface area contributed by atoms with Gasteiger partial charge in [-0.25, -0.2) is 4.79 Å². The van der Waals surface area contributed by atoms with Gasteiger partial charge in [-0.05, 0) is 36.3 Å². The number of imide groups is 2. The average Bonchev–Trinajstić information content (AvgIpc) is 2.70. The largest absolute Gasteiger partial charge is 0.484 e. The summed E-state index contributed by atoms with van der Waals surface area (Å²) in [6.45, 7) is 1.74. The highest BCUT2D eigenvalue weighted by molar-refractivity contribution is 6.31. The first kappa shape index (κ1) is 19.8. The minimum atomic E-state index is -0.847. The highest BCUT2D eigenvalue weighted by Crippen LogP contribution is 2.16. The van der Waals surface area contributed by atoms with E-state index in [1.165, 1.54) is 6.08 Å². The van der Waals surface area contributed by atoms with Crippen LogP contribution >= 0.6 is 0 Å². The molecule has 0 unspecified atom stereocenters. The van der Waals surface area contributed by atoms with Crippen LogP contribution in [0.3, 0.4) is 0 Å². The lowest BCUT2D eigenvalue weighted by molar-refractivity contribution is -0.125. The number of barbiturate groups is 1. The molecule has 1 saturated heterocycles. The Labute approximate surface area is 166 Å². The smallest absolute Gasteiger partial charge is 0.328 e. The summed E-state index contributed by atoms with van der Waals surface area (Å²) in [5.41, 5.74) is 1.39. The van der Waals surface area contributed by atoms with Gasteiger partial charge in [0.25, 0.3) is 17.7 Å². The fourth-order valence-electron chi connectivity index (χ4n) is 2.69. The van der Waals surface area contributed by atoms with Crippen molar-refractivity contribution in [2.45, 2.75) is 13.0 Å². The molecule has 1 heterocycles. The number of benzene rings is 2. The molecular formula is C21H19N3O5. The van der Waals surface area contributed by atoms with Gasteiger partial charge in [-0.3, -0.25) is 25.0 Å². The molecule has 3 N–H and O–H groups in total. The molecule has 0 aliphatic carbocycles. The Hall–Kier alpha value is -3.94. The minimum absolute atomic E-state index is 0.138. The molecule has 1 fully saturated rings. The number of rotatable bonds is 6. The molecule has 8 nitrogen and oxygen atoms in total. The van der Waals surface area contributed by atoms with E-state index in [9.17, 15) is 19.2 Å². The van der Waals surface area contributed by atoms with Gasteiger partial charge < -0.3 is 10.1 Å². The van der Waals surface area contributed by atoms with E-state index in [4.69, 9.17) is 4.74 Å². The fraction of sp³-hybridized carbons (Fsp3) is 0.143. The number of carbonyl (C=O) groups excluding carboxylic acids is 4. The summed E-state index contributed by atoms with van der Waals surface area (Å²) in [7, 11) is 0. The molecule has 3 rings (SSSR count). The summed E-state index contributed by atoms with van der Waals surface area (Å²) < 4.78 is 5.47. The molecule has 0 saturated carbocycles. The first-order chi connectivity index (χ1) is 13.9. The van der Waals surface area contributed by atoms with Crippen LogP contribution in [0.2, 0.25) is 0 Å². The Kier molecular flexibility index (Phi) is 6.03. The normalized spacial score (nSPS) is 14.5. The van der Waals surface area contributed by atoms with Crippen LogP contribution < -0.4 is 20.7 Å². The second-order valence-electron chi connectivity index (χ2n) is 6.35. The van der Waals surface area contributed by atoms with E-state index >= 15 is 0 Å². The van der Waals surface area contributed by atoms with Crippen LogP contribution in [0, 0.1) is 0 Å². The van der Waals surface area contributed by atoms with Crippen LogP contribution in [-0.2, 0) is 14.4 Å². The van der Waals surface area contributed by atoms with E-state index in [0.29, 0.717) is 11.3 Å². The lowest BCUT2D eigenvalue weighted by Gasteiger charge is -2.15. The van der Waals surface area contributed by atoms with Crippen LogP contribution in [0.5, 0.6) is 5.75 Å². The van der Waals surface area contributed by atoms with Gasteiger partial charge in [-0.15, -0.1) is 0 Å². The molecule has 0 bridgehead atoms. The first-order valence-electron chi connectivity index (χ1n) is 8.88. The number of ether oxygens (including phenoxy) is 1. The van der Waals surface area contributed by atoms with Crippen molar-refractivity contribution in [1.82, 2.24) is 16.0 Å². The number of urea groups is 1. The van der Waals surface area contributed by atoms with Crippen molar-refractivity contribution in [2.75, 3.05) is 6.61 Å². The molecule has 148 valence electrons. The Morgan fingerprint density at radius 3 is 2.24 bits per heavy atom. The zero-order valence-corrected chi connectivity index (χ0v) is 15.6. The molecule has 1 aliphatic rings. The second-order valence-corrected chi connectivity index (χ2v) is 6.35. The van der Waals surface area contributed by atoms with Gasteiger partial charge in [-0.2, -0.15) is 0 Å². The third-order valence-corrected chi connectivity index (χ3v) is 4.18. The van der Waals surface area contributed by atoms with E-state index < -0.39 is 17.8 Å². The van der Waals surface area contributed by atoms with Gasteiger partial charge in [0.1, 0.15) is 11.3 Å². The van der Waals surface area contributed by atoms with Crippen molar-refractivity contribution in [2.24, 2.45) is 0 Å². The number of amides is 5. The molecular weight excluding hydrogens is 374 g/mol. The molecule has 8 heteroatoms. The number of hydrogen-bond donors (Lipinski definition) is 3. The van der Waals surface area contributed by atoms with Gasteiger partial charge >= 0.3 is 6.03 Å². The molecule has 0 radical (unpaired) electrons. The van der Waals surface area contributed by atoms with Crippen molar-refractivity contribution in [1.29, 1.82) is 0 Å². The van der Waals surface area contributed by atoms with Crippen LogP contribution in [0.1, 0.15) is 24.1 Å². The highest BCUT2D eigenvalue weighted by Gasteiger charge is 2.27. The Morgan fingerprint density at radius 2 is 1.62 bits per heavy atom. The zero-order chi connectivity index (χ0) is 20.8. The number of carbonyl (C=O) groups is 4. The summed E-state index contributed by atoms with van der Waals surface area (Å²) in [6, 6.07) is 15.1. The summed E-state index contributed by atoms with van der Waals surface area (Å²) in [6.07, 6.45) is 1.36. The maximum atomic E-state index is 12.1. The fourth-order valence-corrected chi connectivity index (χ4v) is 2.69. The van der Waals surface area contributed by atoms with E-state index in [-0.39, 0.29) is 24.1 Å². The molecule has 1 aliphatic heterocycles. The third kappa shape index (κ3) is 5.29. The molecule has 0 spiro atoms. The summed E-state index contributed by atoms with van der Waals surface area (Å²) in [4.78, 5) is 46.6. The summed E-state index contributed by atoms with van der Waals surface area (Å²) >= 11 is 0. The van der Waals surface area contributed by atoms with Crippen molar-refractivity contribution in [3.63, 3.8) is 0 Å². The maximum absolute atomic E-state index is 12.1. The Bertz CT molecular complexity index is 946. The Balaban J connectivity index is 1.55. The lowest BCUT2D eigenvalue weighted by atomic mass is 10.1. The standard InChI is InChI=1S/C21H19N3O5/c1-13(15-5-3-2-4-6-15)22-18(25)12-29-16-9-7-14(8-10-16)11-17-19(26)23-21(28)24-20(17)27/h2-11,13H,12H2,1H3,(H,22,25)(H2,23,24,26,27,28)/t13-/m0/s1. The van der Waals surface area contributed by atoms with E-state index in [1.54, 1.807) is 24.3 Å². The minimum Gasteiger partial charge on any atom is -0.484 e. The van der Waals surface area contributed by atoms with Gasteiger partial charge in [0.05, 0.1) is 6.04 Å². The monoisotopic (exact) mass is 393 g/mol. The third-order valence-electron chi connectivity index (χ3n) is 4.18. The van der Waals surface area contributed by atoms with Crippen LogP contribution in [0.15, 0.2) is 60.2 Å². The quantitative estimate of drug-likeness (QED) is 0.511. The highest BCUT2D eigenvalue weighted by atomic mass is 16.5. The second kappa shape index (κ2) is 8.83. The molecule has 2 aromatic carbocycles. The predicted octanol–water partition coefficient (Wildman–Crippen LogP) is 1.69. The summed E-state index contributed by atoms with van der Waals surface area (Å²) in [5, 5.41) is 6.86.